The smallest absolute Gasteiger partial charge is 0.338 e. The molecule has 1 aliphatic rings. The van der Waals surface area contributed by atoms with Crippen molar-refractivity contribution in [1.29, 1.82) is 0 Å². The molecule has 0 aliphatic carbocycles. The van der Waals surface area contributed by atoms with E-state index in [0.29, 0.717) is 6.42 Å². The highest BCUT2D eigenvalue weighted by atomic mass is 32.2. The first-order valence-electron chi connectivity index (χ1n) is 6.78. The van der Waals surface area contributed by atoms with Crippen LogP contribution < -0.4 is 5.32 Å². The Hall–Kier alpha value is -1.44. The molecule has 2 atom stereocenters. The predicted octanol–water partition coefficient (Wildman–Crippen LogP) is 0.827. The molecule has 6 nitrogen and oxygen atoms in total. The molecule has 0 saturated carbocycles. The van der Waals surface area contributed by atoms with Gasteiger partial charge < -0.3 is 10.1 Å². The maximum Gasteiger partial charge on any atom is 0.338 e. The zero-order chi connectivity index (χ0) is 15.3. The zero-order valence-corrected chi connectivity index (χ0v) is 12.6. The van der Waals surface area contributed by atoms with E-state index in [4.69, 9.17) is 8.92 Å². The van der Waals surface area contributed by atoms with E-state index in [2.05, 4.69) is 5.32 Å². The maximum atomic E-state index is 12.1. The highest BCUT2D eigenvalue weighted by molar-refractivity contribution is 7.86. The standard InChI is InChI=1S/C14H19NO5S/c1-21(17,18)20-13(12-8-5-9-15-12)14(16)19-10-11-6-3-2-4-7-11/h2-4,6-7,12-13,15H,5,8-10H2,1H3/t12-,13?/m0/s1. The minimum atomic E-state index is -3.73. The zero-order valence-electron chi connectivity index (χ0n) is 11.8. The van der Waals surface area contributed by atoms with Crippen LogP contribution in [0.25, 0.3) is 0 Å². The lowest BCUT2D eigenvalue weighted by Crippen LogP contribution is -2.44. The van der Waals surface area contributed by atoms with Crippen LogP contribution >= 0.6 is 0 Å². The van der Waals surface area contributed by atoms with Gasteiger partial charge in [-0.2, -0.15) is 8.42 Å². The van der Waals surface area contributed by atoms with Gasteiger partial charge in [-0.15, -0.1) is 0 Å². The van der Waals surface area contributed by atoms with Gasteiger partial charge in [-0.25, -0.2) is 4.79 Å². The highest BCUT2D eigenvalue weighted by Crippen LogP contribution is 2.16. The van der Waals surface area contributed by atoms with Crippen molar-refractivity contribution in [1.82, 2.24) is 5.32 Å². The lowest BCUT2D eigenvalue weighted by Gasteiger charge is -2.21. The fourth-order valence-electron chi connectivity index (χ4n) is 2.24. The third-order valence-electron chi connectivity index (χ3n) is 3.20. The molecule has 116 valence electrons. The molecule has 0 bridgehead atoms. The molecule has 1 aromatic carbocycles. The molecule has 1 aromatic rings. The number of rotatable bonds is 6. The Morgan fingerprint density at radius 3 is 2.67 bits per heavy atom. The number of hydrogen-bond acceptors (Lipinski definition) is 6. The second-order valence-electron chi connectivity index (χ2n) is 5.02. The van der Waals surface area contributed by atoms with E-state index in [1.54, 1.807) is 0 Å². The van der Waals surface area contributed by atoms with Crippen molar-refractivity contribution in [3.05, 3.63) is 35.9 Å². The Balaban J connectivity index is 2.00. The number of hydrogen-bond donors (Lipinski definition) is 1. The van der Waals surface area contributed by atoms with Gasteiger partial charge in [0.2, 0.25) is 0 Å². The number of esters is 1. The summed E-state index contributed by atoms with van der Waals surface area (Å²) >= 11 is 0. The first-order valence-corrected chi connectivity index (χ1v) is 8.59. The summed E-state index contributed by atoms with van der Waals surface area (Å²) in [7, 11) is -3.73. The lowest BCUT2D eigenvalue weighted by atomic mass is 10.1. The molecule has 1 N–H and O–H groups in total. The van der Waals surface area contributed by atoms with Crippen molar-refractivity contribution < 1.29 is 22.1 Å². The topological polar surface area (TPSA) is 81.7 Å². The molecular formula is C14H19NO5S. The van der Waals surface area contributed by atoms with Crippen LogP contribution in [-0.4, -0.2) is 39.3 Å². The van der Waals surface area contributed by atoms with Gasteiger partial charge >= 0.3 is 5.97 Å². The predicted molar refractivity (Wildman–Crippen MR) is 77.0 cm³/mol. The summed E-state index contributed by atoms with van der Waals surface area (Å²) in [6.07, 6.45) is 1.35. The normalized spacial score (nSPS) is 20.1. The van der Waals surface area contributed by atoms with Crippen LogP contribution in [-0.2, 0) is 30.4 Å². The van der Waals surface area contributed by atoms with Gasteiger partial charge in [0, 0.05) is 6.04 Å². The summed E-state index contributed by atoms with van der Waals surface area (Å²) < 4.78 is 32.7. The summed E-state index contributed by atoms with van der Waals surface area (Å²) in [5.74, 6) is -0.663. The van der Waals surface area contributed by atoms with Crippen molar-refractivity contribution in [2.75, 3.05) is 12.8 Å². The molecule has 0 spiro atoms. The molecule has 0 radical (unpaired) electrons. The van der Waals surface area contributed by atoms with Gasteiger partial charge in [0.1, 0.15) is 6.61 Å². The quantitative estimate of drug-likeness (QED) is 0.619. The third kappa shape index (κ3) is 5.11. The second kappa shape index (κ2) is 7.02. The van der Waals surface area contributed by atoms with Gasteiger partial charge in [0.25, 0.3) is 10.1 Å². The number of benzene rings is 1. The molecule has 7 heteroatoms. The Labute approximate surface area is 124 Å². The monoisotopic (exact) mass is 313 g/mol. The summed E-state index contributed by atoms with van der Waals surface area (Å²) in [6.45, 7) is 0.830. The summed E-state index contributed by atoms with van der Waals surface area (Å²) in [6, 6.07) is 8.87. The van der Waals surface area contributed by atoms with Crippen LogP contribution in [0.3, 0.4) is 0 Å². The van der Waals surface area contributed by atoms with Crippen molar-refractivity contribution >= 4 is 16.1 Å². The van der Waals surface area contributed by atoms with Crippen LogP contribution in [0, 0.1) is 0 Å². The van der Waals surface area contributed by atoms with Gasteiger partial charge in [0.05, 0.1) is 6.26 Å². The van der Waals surface area contributed by atoms with E-state index in [1.165, 1.54) is 0 Å². The van der Waals surface area contributed by atoms with E-state index >= 15 is 0 Å². The van der Waals surface area contributed by atoms with Crippen molar-refractivity contribution in [3.8, 4) is 0 Å². The first kappa shape index (κ1) is 15.9. The minimum absolute atomic E-state index is 0.0933. The summed E-state index contributed by atoms with van der Waals surface area (Å²) in [5, 5.41) is 3.07. The Morgan fingerprint density at radius 1 is 1.38 bits per heavy atom. The van der Waals surface area contributed by atoms with Crippen molar-refractivity contribution in [2.45, 2.75) is 31.6 Å². The fourth-order valence-corrected chi connectivity index (χ4v) is 2.83. The number of ether oxygens (including phenoxy) is 1. The Kier molecular flexibility index (Phi) is 5.33. The van der Waals surface area contributed by atoms with Gasteiger partial charge in [-0.1, -0.05) is 30.3 Å². The summed E-state index contributed by atoms with van der Waals surface area (Å²) in [5.41, 5.74) is 0.836. The van der Waals surface area contributed by atoms with Crippen LogP contribution in [0.1, 0.15) is 18.4 Å². The van der Waals surface area contributed by atoms with Crippen LogP contribution in [0.15, 0.2) is 30.3 Å². The molecule has 1 heterocycles. The average molecular weight is 313 g/mol. The molecule has 1 unspecified atom stereocenters. The maximum absolute atomic E-state index is 12.1. The van der Waals surface area contributed by atoms with Gasteiger partial charge in [-0.3, -0.25) is 4.18 Å². The van der Waals surface area contributed by atoms with Crippen LogP contribution in [0.5, 0.6) is 0 Å². The number of carbonyl (C=O) groups excluding carboxylic acids is 1. The largest absolute Gasteiger partial charge is 0.459 e. The van der Waals surface area contributed by atoms with E-state index < -0.39 is 22.2 Å². The van der Waals surface area contributed by atoms with E-state index in [9.17, 15) is 13.2 Å². The minimum Gasteiger partial charge on any atom is -0.459 e. The lowest BCUT2D eigenvalue weighted by molar-refractivity contribution is -0.154. The Bertz CT molecular complexity index is 566. The molecule has 2 rings (SSSR count). The van der Waals surface area contributed by atoms with E-state index in [1.807, 2.05) is 30.3 Å². The summed E-state index contributed by atoms with van der Waals surface area (Å²) in [4.78, 5) is 12.1. The van der Waals surface area contributed by atoms with E-state index in [-0.39, 0.29) is 12.6 Å². The Morgan fingerprint density at radius 2 is 2.10 bits per heavy atom. The van der Waals surface area contributed by atoms with Gasteiger partial charge in [-0.05, 0) is 24.9 Å². The average Bonchev–Trinajstić information content (AvgIpc) is 2.96. The van der Waals surface area contributed by atoms with E-state index in [0.717, 1.165) is 24.8 Å². The van der Waals surface area contributed by atoms with Crippen LogP contribution in [0.4, 0.5) is 0 Å². The molecule has 0 amide bonds. The van der Waals surface area contributed by atoms with Crippen molar-refractivity contribution in [3.63, 3.8) is 0 Å². The molecule has 1 saturated heterocycles. The first-order chi connectivity index (χ1) is 9.96. The van der Waals surface area contributed by atoms with Crippen molar-refractivity contribution in [2.24, 2.45) is 0 Å². The molecular weight excluding hydrogens is 294 g/mol. The molecule has 0 aromatic heterocycles. The third-order valence-corrected chi connectivity index (χ3v) is 3.76. The second-order valence-corrected chi connectivity index (χ2v) is 6.62. The SMILES string of the molecule is CS(=O)(=O)OC(C(=O)OCc1ccccc1)[C@@H]1CCCN1. The van der Waals surface area contributed by atoms with Gasteiger partial charge in [0.15, 0.2) is 6.10 Å². The van der Waals surface area contributed by atoms with Crippen LogP contribution in [0.2, 0.25) is 0 Å². The molecule has 21 heavy (non-hydrogen) atoms. The number of nitrogens with one attached hydrogen (secondary N) is 1. The molecule has 1 aliphatic heterocycles. The number of carbonyl (C=O) groups is 1. The fraction of sp³-hybridized carbons (Fsp3) is 0.500. The highest BCUT2D eigenvalue weighted by Gasteiger charge is 2.35. The molecule has 1 fully saturated rings.